The number of hydrogen-bond acceptors (Lipinski definition) is 3. The van der Waals surface area contributed by atoms with E-state index in [2.05, 4.69) is 26.1 Å². The fourth-order valence-corrected chi connectivity index (χ4v) is 1.95. The number of likely N-dealkylation sites (N-methyl/N-ethyl adjacent to an activating group) is 1. The molecule has 1 fully saturated rings. The van der Waals surface area contributed by atoms with Crippen molar-refractivity contribution in [2.24, 2.45) is 0 Å². The minimum Gasteiger partial charge on any atom is -0.374 e. The van der Waals surface area contributed by atoms with E-state index in [0.717, 1.165) is 13.0 Å². The van der Waals surface area contributed by atoms with Crippen molar-refractivity contribution in [3.63, 3.8) is 0 Å². The SMILES string of the molecule is CCCO[C@@H]1C(NC)[C@@H](C)O[C@H]1C. The van der Waals surface area contributed by atoms with Gasteiger partial charge in [0.25, 0.3) is 0 Å². The quantitative estimate of drug-likeness (QED) is 0.717. The molecule has 13 heavy (non-hydrogen) atoms. The normalized spacial score (nSPS) is 39.7. The van der Waals surface area contributed by atoms with Gasteiger partial charge < -0.3 is 14.8 Å². The molecule has 0 aromatic carbocycles. The number of rotatable bonds is 4. The van der Waals surface area contributed by atoms with Crippen LogP contribution < -0.4 is 5.32 Å². The second kappa shape index (κ2) is 4.94. The van der Waals surface area contributed by atoms with Crippen LogP contribution in [0.3, 0.4) is 0 Å². The third kappa shape index (κ3) is 2.42. The fraction of sp³-hybridized carbons (Fsp3) is 1.00. The van der Waals surface area contributed by atoms with Crippen molar-refractivity contribution in [3.8, 4) is 0 Å². The second-order valence-electron chi connectivity index (χ2n) is 3.70. The Morgan fingerprint density at radius 2 is 2.00 bits per heavy atom. The van der Waals surface area contributed by atoms with Crippen LogP contribution in [-0.2, 0) is 9.47 Å². The van der Waals surface area contributed by atoms with Crippen LogP contribution in [0.15, 0.2) is 0 Å². The Morgan fingerprint density at radius 1 is 1.31 bits per heavy atom. The van der Waals surface area contributed by atoms with Crippen molar-refractivity contribution in [1.82, 2.24) is 5.32 Å². The maximum absolute atomic E-state index is 5.75. The lowest BCUT2D eigenvalue weighted by Gasteiger charge is -2.21. The zero-order valence-corrected chi connectivity index (χ0v) is 9.04. The lowest BCUT2D eigenvalue weighted by molar-refractivity contribution is -0.0119. The Hall–Kier alpha value is -0.120. The molecular weight excluding hydrogens is 166 g/mol. The summed E-state index contributed by atoms with van der Waals surface area (Å²) >= 11 is 0. The summed E-state index contributed by atoms with van der Waals surface area (Å²) in [7, 11) is 1.96. The van der Waals surface area contributed by atoms with Gasteiger partial charge in [0.1, 0.15) is 6.10 Å². The first kappa shape index (κ1) is 11.0. The molecule has 0 radical (unpaired) electrons. The molecule has 1 saturated heterocycles. The van der Waals surface area contributed by atoms with Gasteiger partial charge >= 0.3 is 0 Å². The molecule has 1 aliphatic rings. The standard InChI is InChI=1S/C10H21NO2/c1-5-6-12-10-8(3)13-7(2)9(10)11-4/h7-11H,5-6H2,1-4H3/t7-,8+,9?,10+/m1/s1. The molecule has 0 bridgehead atoms. The summed E-state index contributed by atoms with van der Waals surface area (Å²) in [5, 5.41) is 3.25. The number of ether oxygens (including phenoxy) is 2. The van der Waals surface area contributed by atoms with Crippen LogP contribution >= 0.6 is 0 Å². The van der Waals surface area contributed by atoms with Crippen LogP contribution in [0.25, 0.3) is 0 Å². The molecule has 78 valence electrons. The summed E-state index contributed by atoms with van der Waals surface area (Å²) in [6.45, 7) is 7.11. The summed E-state index contributed by atoms with van der Waals surface area (Å²) in [5.74, 6) is 0. The Labute approximate surface area is 80.8 Å². The maximum Gasteiger partial charge on any atom is 0.101 e. The van der Waals surface area contributed by atoms with Crippen molar-refractivity contribution in [2.75, 3.05) is 13.7 Å². The zero-order chi connectivity index (χ0) is 9.84. The molecule has 1 rings (SSSR count). The van der Waals surface area contributed by atoms with E-state index in [1.165, 1.54) is 0 Å². The smallest absolute Gasteiger partial charge is 0.101 e. The predicted octanol–water partition coefficient (Wildman–Crippen LogP) is 1.18. The van der Waals surface area contributed by atoms with Crippen LogP contribution in [0, 0.1) is 0 Å². The van der Waals surface area contributed by atoms with Gasteiger partial charge in [-0.25, -0.2) is 0 Å². The Morgan fingerprint density at radius 3 is 2.54 bits per heavy atom. The average molecular weight is 187 g/mol. The van der Waals surface area contributed by atoms with E-state index in [-0.39, 0.29) is 18.3 Å². The van der Waals surface area contributed by atoms with Crippen molar-refractivity contribution >= 4 is 0 Å². The molecule has 1 unspecified atom stereocenters. The molecule has 4 atom stereocenters. The molecule has 1 N–H and O–H groups in total. The van der Waals surface area contributed by atoms with Crippen LogP contribution in [0.2, 0.25) is 0 Å². The van der Waals surface area contributed by atoms with Crippen LogP contribution in [-0.4, -0.2) is 38.0 Å². The third-order valence-electron chi connectivity index (χ3n) is 2.60. The highest BCUT2D eigenvalue weighted by Crippen LogP contribution is 2.23. The molecule has 0 aliphatic carbocycles. The van der Waals surface area contributed by atoms with Crippen LogP contribution in [0.5, 0.6) is 0 Å². The Kier molecular flexibility index (Phi) is 4.16. The van der Waals surface area contributed by atoms with Gasteiger partial charge in [-0.1, -0.05) is 6.92 Å². The first-order chi connectivity index (χ1) is 6.20. The second-order valence-corrected chi connectivity index (χ2v) is 3.70. The van der Waals surface area contributed by atoms with Crippen molar-refractivity contribution in [3.05, 3.63) is 0 Å². The van der Waals surface area contributed by atoms with Gasteiger partial charge in [-0.05, 0) is 27.3 Å². The van der Waals surface area contributed by atoms with E-state index in [9.17, 15) is 0 Å². The van der Waals surface area contributed by atoms with Gasteiger partial charge in [0.15, 0.2) is 0 Å². The van der Waals surface area contributed by atoms with Gasteiger partial charge in [0.2, 0.25) is 0 Å². The molecule has 0 amide bonds. The summed E-state index contributed by atoms with van der Waals surface area (Å²) in [5.41, 5.74) is 0. The predicted molar refractivity (Wildman–Crippen MR) is 52.9 cm³/mol. The Bertz CT molecular complexity index is 152. The van der Waals surface area contributed by atoms with Gasteiger partial charge in [0.05, 0.1) is 18.2 Å². The molecular formula is C10H21NO2. The Balaban J connectivity index is 2.48. The summed E-state index contributed by atoms with van der Waals surface area (Å²) in [4.78, 5) is 0. The molecule has 0 saturated carbocycles. The summed E-state index contributed by atoms with van der Waals surface area (Å²) in [6.07, 6.45) is 1.73. The fourth-order valence-electron chi connectivity index (χ4n) is 1.95. The van der Waals surface area contributed by atoms with Gasteiger partial charge in [-0.2, -0.15) is 0 Å². The summed E-state index contributed by atoms with van der Waals surface area (Å²) < 4.78 is 11.4. The van der Waals surface area contributed by atoms with E-state index >= 15 is 0 Å². The van der Waals surface area contributed by atoms with E-state index in [1.54, 1.807) is 0 Å². The molecule has 0 aromatic rings. The topological polar surface area (TPSA) is 30.5 Å². The monoisotopic (exact) mass is 187 g/mol. The summed E-state index contributed by atoms with van der Waals surface area (Å²) in [6, 6.07) is 0.335. The number of hydrogen-bond donors (Lipinski definition) is 1. The minimum absolute atomic E-state index is 0.207. The van der Waals surface area contributed by atoms with Crippen molar-refractivity contribution in [1.29, 1.82) is 0 Å². The van der Waals surface area contributed by atoms with Gasteiger partial charge in [-0.3, -0.25) is 0 Å². The van der Waals surface area contributed by atoms with Crippen molar-refractivity contribution in [2.45, 2.75) is 51.5 Å². The van der Waals surface area contributed by atoms with Crippen LogP contribution in [0.1, 0.15) is 27.2 Å². The van der Waals surface area contributed by atoms with E-state index in [4.69, 9.17) is 9.47 Å². The van der Waals surface area contributed by atoms with Crippen LogP contribution in [0.4, 0.5) is 0 Å². The van der Waals surface area contributed by atoms with E-state index in [1.807, 2.05) is 7.05 Å². The molecule has 1 heterocycles. The highest BCUT2D eigenvalue weighted by atomic mass is 16.6. The molecule has 1 aliphatic heterocycles. The van der Waals surface area contributed by atoms with Crippen molar-refractivity contribution < 1.29 is 9.47 Å². The molecule has 3 nitrogen and oxygen atoms in total. The maximum atomic E-state index is 5.75. The lowest BCUT2D eigenvalue weighted by Crippen LogP contribution is -2.43. The zero-order valence-electron chi connectivity index (χ0n) is 9.04. The first-order valence-electron chi connectivity index (χ1n) is 5.15. The van der Waals surface area contributed by atoms with Gasteiger partial charge in [-0.15, -0.1) is 0 Å². The van der Waals surface area contributed by atoms with Gasteiger partial charge in [0, 0.05) is 6.61 Å². The molecule has 0 aromatic heterocycles. The highest BCUT2D eigenvalue weighted by molar-refractivity contribution is 4.92. The first-order valence-corrected chi connectivity index (χ1v) is 5.15. The van der Waals surface area contributed by atoms with E-state index in [0.29, 0.717) is 6.04 Å². The highest BCUT2D eigenvalue weighted by Gasteiger charge is 2.39. The molecule has 3 heteroatoms. The van der Waals surface area contributed by atoms with E-state index < -0.39 is 0 Å². The number of nitrogens with one attached hydrogen (secondary N) is 1. The third-order valence-corrected chi connectivity index (χ3v) is 2.60. The minimum atomic E-state index is 0.207. The molecule has 0 spiro atoms. The largest absolute Gasteiger partial charge is 0.374 e. The average Bonchev–Trinajstić information content (AvgIpc) is 2.37. The lowest BCUT2D eigenvalue weighted by atomic mass is 10.1.